The van der Waals surface area contributed by atoms with Gasteiger partial charge in [0.25, 0.3) is 0 Å². The topological polar surface area (TPSA) is 62.7 Å². The Morgan fingerprint density at radius 3 is 2.28 bits per heavy atom. The molecular formula is C24H24N2O3. The number of likely N-dealkylation sites (tertiary alicyclic amines) is 1. The zero-order chi connectivity index (χ0) is 20.1. The first-order valence-electron chi connectivity index (χ1n) is 9.86. The molecule has 1 fully saturated rings. The number of hydrogen-bond donors (Lipinski definition) is 1. The maximum absolute atomic E-state index is 11.1. The van der Waals surface area contributed by atoms with Crippen LogP contribution in [0, 0.1) is 0 Å². The number of pyridine rings is 1. The summed E-state index contributed by atoms with van der Waals surface area (Å²) < 4.78 is 6.56. The highest BCUT2D eigenvalue weighted by Crippen LogP contribution is 2.29. The lowest BCUT2D eigenvalue weighted by molar-refractivity contribution is 0.0138. The Morgan fingerprint density at radius 1 is 1.00 bits per heavy atom. The van der Waals surface area contributed by atoms with Gasteiger partial charge in [-0.05, 0) is 29.7 Å². The molecule has 1 aromatic heterocycles. The fourth-order valence-electron chi connectivity index (χ4n) is 3.77. The van der Waals surface area contributed by atoms with Gasteiger partial charge in [0.1, 0.15) is 11.8 Å². The number of aromatic carboxylic acids is 1. The predicted molar refractivity (Wildman–Crippen MR) is 111 cm³/mol. The highest BCUT2D eigenvalue weighted by Gasteiger charge is 2.27. The second-order valence-corrected chi connectivity index (χ2v) is 7.30. The molecule has 0 aliphatic carbocycles. The molecule has 1 aliphatic heterocycles. The van der Waals surface area contributed by atoms with Crippen molar-refractivity contribution >= 4 is 5.97 Å². The van der Waals surface area contributed by atoms with E-state index >= 15 is 0 Å². The van der Waals surface area contributed by atoms with Crippen molar-refractivity contribution in [3.63, 3.8) is 0 Å². The highest BCUT2D eigenvalue weighted by molar-refractivity contribution is 5.85. The molecule has 2 heterocycles. The van der Waals surface area contributed by atoms with E-state index in [9.17, 15) is 4.79 Å². The van der Waals surface area contributed by atoms with Gasteiger partial charge in [-0.2, -0.15) is 0 Å². The normalized spacial score (nSPS) is 16.9. The minimum absolute atomic E-state index is 0.0858. The standard InChI is InChI=1S/C24H24N2O3/c27-24(28)22-13-7-12-20(25-22)16-26-15-14-21(17-26)29-23(18-8-3-1-4-9-18)19-10-5-2-6-11-19/h1-13,21,23H,14-17H2,(H,27,28)/t21-/m1/s1. The SMILES string of the molecule is O=C(O)c1cccc(CN2CC[C@@H](OC(c3ccccc3)c3ccccc3)C2)n1. The van der Waals surface area contributed by atoms with E-state index < -0.39 is 5.97 Å². The molecule has 4 rings (SSSR count). The molecule has 5 nitrogen and oxygen atoms in total. The number of carbonyl (C=O) groups is 1. The van der Waals surface area contributed by atoms with Crippen molar-refractivity contribution in [2.45, 2.75) is 25.2 Å². The molecule has 2 aromatic carbocycles. The molecule has 1 aliphatic rings. The lowest BCUT2D eigenvalue weighted by Crippen LogP contribution is -2.25. The molecule has 29 heavy (non-hydrogen) atoms. The predicted octanol–water partition coefficient (Wildman–Crippen LogP) is 4.16. The summed E-state index contributed by atoms with van der Waals surface area (Å²) in [6.45, 7) is 2.33. The molecule has 0 unspecified atom stereocenters. The molecule has 1 atom stereocenters. The second-order valence-electron chi connectivity index (χ2n) is 7.30. The Morgan fingerprint density at radius 2 is 1.66 bits per heavy atom. The smallest absolute Gasteiger partial charge is 0.354 e. The van der Waals surface area contributed by atoms with Crippen molar-refractivity contribution in [1.29, 1.82) is 0 Å². The molecule has 3 aromatic rings. The first-order chi connectivity index (χ1) is 14.2. The van der Waals surface area contributed by atoms with Crippen molar-refractivity contribution in [3.8, 4) is 0 Å². The zero-order valence-electron chi connectivity index (χ0n) is 16.1. The number of rotatable bonds is 7. The molecule has 1 saturated heterocycles. The molecule has 0 bridgehead atoms. The fourth-order valence-corrected chi connectivity index (χ4v) is 3.77. The van der Waals surface area contributed by atoms with Gasteiger partial charge < -0.3 is 9.84 Å². The summed E-state index contributed by atoms with van der Waals surface area (Å²) in [5, 5.41) is 9.13. The van der Waals surface area contributed by atoms with E-state index in [-0.39, 0.29) is 17.9 Å². The lowest BCUT2D eigenvalue weighted by Gasteiger charge is -2.23. The fraction of sp³-hybridized carbons (Fsp3) is 0.250. The zero-order valence-corrected chi connectivity index (χ0v) is 16.1. The van der Waals surface area contributed by atoms with E-state index in [2.05, 4.69) is 34.1 Å². The second kappa shape index (κ2) is 8.99. The molecule has 0 amide bonds. The van der Waals surface area contributed by atoms with Crippen molar-refractivity contribution < 1.29 is 14.6 Å². The highest BCUT2D eigenvalue weighted by atomic mass is 16.5. The van der Waals surface area contributed by atoms with Crippen LogP contribution in [0.1, 0.15) is 39.8 Å². The van der Waals surface area contributed by atoms with Gasteiger partial charge in [-0.15, -0.1) is 0 Å². The van der Waals surface area contributed by atoms with Crippen LogP contribution < -0.4 is 0 Å². The Hall–Kier alpha value is -3.02. The Labute approximate surface area is 170 Å². The Bertz CT molecular complexity index is 907. The first-order valence-corrected chi connectivity index (χ1v) is 9.86. The van der Waals surface area contributed by atoms with Crippen LogP contribution in [0.25, 0.3) is 0 Å². The molecule has 0 spiro atoms. The quantitative estimate of drug-likeness (QED) is 0.658. The third-order valence-electron chi connectivity index (χ3n) is 5.17. The van der Waals surface area contributed by atoms with Crippen LogP contribution in [-0.2, 0) is 11.3 Å². The number of ether oxygens (including phenoxy) is 1. The van der Waals surface area contributed by atoms with Crippen LogP contribution in [-0.4, -0.2) is 40.2 Å². The van der Waals surface area contributed by atoms with E-state index in [0.717, 1.165) is 36.3 Å². The van der Waals surface area contributed by atoms with Crippen LogP contribution in [0.2, 0.25) is 0 Å². The van der Waals surface area contributed by atoms with E-state index in [1.807, 2.05) is 42.5 Å². The van der Waals surface area contributed by atoms with E-state index in [0.29, 0.717) is 6.54 Å². The Balaban J connectivity index is 1.44. The molecule has 5 heteroatoms. The summed E-state index contributed by atoms with van der Waals surface area (Å²) in [5.74, 6) is -0.997. The van der Waals surface area contributed by atoms with Gasteiger partial charge in [-0.3, -0.25) is 4.90 Å². The van der Waals surface area contributed by atoms with Crippen molar-refractivity contribution in [2.75, 3.05) is 13.1 Å². The molecular weight excluding hydrogens is 364 g/mol. The number of benzene rings is 2. The van der Waals surface area contributed by atoms with E-state index in [4.69, 9.17) is 9.84 Å². The van der Waals surface area contributed by atoms with Gasteiger partial charge in [-0.25, -0.2) is 9.78 Å². The number of hydrogen-bond acceptors (Lipinski definition) is 4. The van der Waals surface area contributed by atoms with Gasteiger partial charge in [-0.1, -0.05) is 66.7 Å². The van der Waals surface area contributed by atoms with Crippen LogP contribution in [0.5, 0.6) is 0 Å². The summed E-state index contributed by atoms with van der Waals surface area (Å²) in [6.07, 6.45) is 0.952. The van der Waals surface area contributed by atoms with Gasteiger partial charge in [0.2, 0.25) is 0 Å². The third kappa shape index (κ3) is 4.88. The summed E-state index contributed by atoms with van der Waals surface area (Å²) in [6, 6.07) is 25.7. The summed E-state index contributed by atoms with van der Waals surface area (Å²) in [5.41, 5.74) is 3.15. The van der Waals surface area contributed by atoms with Crippen LogP contribution in [0.15, 0.2) is 78.9 Å². The lowest BCUT2D eigenvalue weighted by atomic mass is 10.0. The first kappa shape index (κ1) is 19.3. The van der Waals surface area contributed by atoms with Crippen LogP contribution in [0.4, 0.5) is 0 Å². The largest absolute Gasteiger partial charge is 0.477 e. The van der Waals surface area contributed by atoms with Crippen LogP contribution in [0.3, 0.4) is 0 Å². The average molecular weight is 388 g/mol. The van der Waals surface area contributed by atoms with Gasteiger partial charge in [0.15, 0.2) is 0 Å². The monoisotopic (exact) mass is 388 g/mol. The van der Waals surface area contributed by atoms with Crippen molar-refractivity contribution in [1.82, 2.24) is 9.88 Å². The van der Waals surface area contributed by atoms with E-state index in [1.165, 1.54) is 6.07 Å². The van der Waals surface area contributed by atoms with Crippen molar-refractivity contribution in [3.05, 3.63) is 101 Å². The van der Waals surface area contributed by atoms with E-state index in [1.54, 1.807) is 6.07 Å². The number of nitrogens with zero attached hydrogens (tertiary/aromatic N) is 2. The summed E-state index contributed by atoms with van der Waals surface area (Å²) in [4.78, 5) is 17.6. The summed E-state index contributed by atoms with van der Waals surface area (Å²) >= 11 is 0. The molecule has 1 N–H and O–H groups in total. The maximum atomic E-state index is 11.1. The van der Waals surface area contributed by atoms with Gasteiger partial charge in [0.05, 0.1) is 11.8 Å². The number of carboxylic acids is 1. The number of aromatic nitrogens is 1. The molecule has 0 saturated carbocycles. The van der Waals surface area contributed by atoms with Crippen molar-refractivity contribution in [2.24, 2.45) is 0 Å². The van der Waals surface area contributed by atoms with Gasteiger partial charge >= 0.3 is 5.97 Å². The average Bonchev–Trinajstić information content (AvgIpc) is 3.20. The van der Waals surface area contributed by atoms with Crippen LogP contribution >= 0.6 is 0 Å². The molecule has 0 radical (unpaired) electrons. The Kier molecular flexibility index (Phi) is 5.98. The minimum atomic E-state index is -0.997. The molecule has 148 valence electrons. The van der Waals surface area contributed by atoms with Gasteiger partial charge in [0, 0.05) is 19.6 Å². The maximum Gasteiger partial charge on any atom is 0.354 e. The summed E-state index contributed by atoms with van der Waals surface area (Å²) in [7, 11) is 0. The minimum Gasteiger partial charge on any atom is -0.477 e. The third-order valence-corrected chi connectivity index (χ3v) is 5.17. The number of carboxylic acid groups (broad SMARTS) is 1.